The number of ether oxygens (including phenoxy) is 2. The summed E-state index contributed by atoms with van der Waals surface area (Å²) in [5.41, 5.74) is 0.890. The molecule has 0 fully saturated rings. The number of carbonyl (C=O) groups is 1. The van der Waals surface area contributed by atoms with E-state index in [0.717, 1.165) is 37.2 Å². The van der Waals surface area contributed by atoms with Crippen molar-refractivity contribution >= 4 is 12.7 Å². The van der Waals surface area contributed by atoms with Crippen LogP contribution >= 0.6 is 0 Å². The number of unbranched alkanes of at least 4 members (excludes halogenated alkanes) is 6. The van der Waals surface area contributed by atoms with Crippen molar-refractivity contribution in [2.75, 3.05) is 13.2 Å². The Kier molecular flexibility index (Phi) is 9.79. The molecular formula is C17H25NO3. The second kappa shape index (κ2) is 11.9. The minimum Gasteiger partial charge on any atom is -0.494 e. The molecular weight excluding hydrogens is 266 g/mol. The Morgan fingerprint density at radius 2 is 1.43 bits per heavy atom. The van der Waals surface area contributed by atoms with Gasteiger partial charge in [0, 0.05) is 6.21 Å². The predicted molar refractivity (Wildman–Crippen MR) is 84.2 cm³/mol. The Labute approximate surface area is 127 Å². The maximum absolute atomic E-state index is 9.93. The first-order chi connectivity index (χ1) is 10.4. The van der Waals surface area contributed by atoms with Crippen LogP contribution in [0.1, 0.15) is 50.5 Å². The first kappa shape index (κ1) is 17.2. The molecule has 1 aromatic carbocycles. The molecule has 1 rings (SSSR count). The second-order valence-electron chi connectivity index (χ2n) is 5.00. The molecule has 0 bridgehead atoms. The smallest absolute Gasteiger partial charge is 0.293 e. The van der Waals surface area contributed by atoms with Gasteiger partial charge in [0.2, 0.25) is 0 Å². The van der Waals surface area contributed by atoms with E-state index in [9.17, 15) is 4.79 Å². The third kappa shape index (κ3) is 8.84. The first-order valence-electron chi connectivity index (χ1n) is 7.65. The van der Waals surface area contributed by atoms with E-state index in [1.165, 1.54) is 31.9 Å². The molecule has 21 heavy (non-hydrogen) atoms. The van der Waals surface area contributed by atoms with Crippen LogP contribution in [0, 0.1) is 5.41 Å². The quantitative estimate of drug-likeness (QED) is 0.340. The summed E-state index contributed by atoms with van der Waals surface area (Å²) in [6.07, 6.45) is 9.34. The van der Waals surface area contributed by atoms with Gasteiger partial charge in [0.05, 0.1) is 13.2 Å². The maximum Gasteiger partial charge on any atom is 0.293 e. The molecule has 4 heteroatoms. The molecule has 4 nitrogen and oxygen atoms in total. The van der Waals surface area contributed by atoms with Crippen LogP contribution < -0.4 is 4.74 Å². The van der Waals surface area contributed by atoms with Gasteiger partial charge in [-0.1, -0.05) is 32.1 Å². The Morgan fingerprint density at radius 3 is 2.00 bits per heavy atom. The standard InChI is InChI=1S/C17H25NO3/c18-14-16-8-10-17(11-9-16)21-13-7-5-3-1-2-4-6-12-20-15-19/h8-11,14-15,18H,1-7,12-13H2. The molecule has 0 aromatic heterocycles. The lowest BCUT2D eigenvalue weighted by molar-refractivity contribution is -0.128. The molecule has 0 radical (unpaired) electrons. The zero-order valence-corrected chi connectivity index (χ0v) is 12.6. The zero-order valence-electron chi connectivity index (χ0n) is 12.6. The minimum atomic E-state index is 0.513. The number of hydrogen-bond acceptors (Lipinski definition) is 4. The fourth-order valence-corrected chi connectivity index (χ4v) is 2.07. The zero-order chi connectivity index (χ0) is 15.2. The van der Waals surface area contributed by atoms with Crippen LogP contribution in [0.2, 0.25) is 0 Å². The number of carbonyl (C=O) groups excluding carboxylic acids is 1. The molecule has 0 saturated heterocycles. The molecule has 0 atom stereocenters. The summed E-state index contributed by atoms with van der Waals surface area (Å²) < 4.78 is 10.3. The van der Waals surface area contributed by atoms with Gasteiger partial charge in [0.1, 0.15) is 5.75 Å². The van der Waals surface area contributed by atoms with Crippen molar-refractivity contribution in [1.29, 1.82) is 5.41 Å². The molecule has 0 aliphatic heterocycles. The minimum absolute atomic E-state index is 0.513. The summed E-state index contributed by atoms with van der Waals surface area (Å²) in [5, 5.41) is 7.12. The Hall–Kier alpha value is -1.84. The van der Waals surface area contributed by atoms with E-state index in [-0.39, 0.29) is 0 Å². The number of hydrogen-bond donors (Lipinski definition) is 1. The highest BCUT2D eigenvalue weighted by molar-refractivity contribution is 5.76. The van der Waals surface area contributed by atoms with Gasteiger partial charge in [-0.05, 0) is 42.7 Å². The Morgan fingerprint density at radius 1 is 0.857 bits per heavy atom. The fraction of sp³-hybridized carbons (Fsp3) is 0.529. The summed E-state index contributed by atoms with van der Waals surface area (Å²) in [4.78, 5) is 9.93. The summed E-state index contributed by atoms with van der Waals surface area (Å²) in [5.74, 6) is 0.871. The number of rotatable bonds is 13. The Balaban J connectivity index is 1.90. The van der Waals surface area contributed by atoms with Crippen LogP contribution in [0.15, 0.2) is 24.3 Å². The number of benzene rings is 1. The average Bonchev–Trinajstić information content (AvgIpc) is 2.53. The van der Waals surface area contributed by atoms with Crippen molar-refractivity contribution in [2.45, 2.75) is 44.9 Å². The highest BCUT2D eigenvalue weighted by Crippen LogP contribution is 2.12. The Bertz CT molecular complexity index is 390. The molecule has 116 valence electrons. The van der Waals surface area contributed by atoms with Crippen molar-refractivity contribution in [1.82, 2.24) is 0 Å². The second-order valence-corrected chi connectivity index (χ2v) is 5.00. The third-order valence-electron chi connectivity index (χ3n) is 3.29. The molecule has 0 unspecified atom stereocenters. The van der Waals surface area contributed by atoms with E-state index in [1.54, 1.807) is 0 Å². The molecule has 0 aliphatic rings. The lowest BCUT2D eigenvalue weighted by atomic mass is 10.1. The van der Waals surface area contributed by atoms with Crippen LogP contribution in [0.25, 0.3) is 0 Å². The van der Waals surface area contributed by atoms with Gasteiger partial charge in [0.15, 0.2) is 0 Å². The van der Waals surface area contributed by atoms with E-state index in [4.69, 9.17) is 10.1 Å². The molecule has 0 amide bonds. The molecule has 0 spiro atoms. The van der Waals surface area contributed by atoms with Gasteiger partial charge in [-0.25, -0.2) is 0 Å². The van der Waals surface area contributed by atoms with Crippen molar-refractivity contribution < 1.29 is 14.3 Å². The van der Waals surface area contributed by atoms with Gasteiger partial charge in [-0.15, -0.1) is 0 Å². The summed E-state index contributed by atoms with van der Waals surface area (Å²) >= 11 is 0. The van der Waals surface area contributed by atoms with Gasteiger partial charge < -0.3 is 14.9 Å². The third-order valence-corrected chi connectivity index (χ3v) is 3.29. The summed E-state index contributed by atoms with van der Waals surface area (Å²) in [6.45, 7) is 1.81. The molecule has 1 aromatic rings. The van der Waals surface area contributed by atoms with E-state index in [1.807, 2.05) is 24.3 Å². The fourth-order valence-electron chi connectivity index (χ4n) is 2.07. The van der Waals surface area contributed by atoms with Crippen LogP contribution in [0.3, 0.4) is 0 Å². The van der Waals surface area contributed by atoms with Crippen LogP contribution in [-0.4, -0.2) is 25.9 Å². The van der Waals surface area contributed by atoms with Crippen molar-refractivity contribution in [3.63, 3.8) is 0 Å². The van der Waals surface area contributed by atoms with Crippen molar-refractivity contribution in [2.24, 2.45) is 0 Å². The van der Waals surface area contributed by atoms with E-state index in [0.29, 0.717) is 13.1 Å². The van der Waals surface area contributed by atoms with Crippen LogP contribution in [0.4, 0.5) is 0 Å². The molecule has 0 aliphatic carbocycles. The molecule has 0 heterocycles. The van der Waals surface area contributed by atoms with E-state index in [2.05, 4.69) is 4.74 Å². The van der Waals surface area contributed by atoms with E-state index >= 15 is 0 Å². The molecule has 0 saturated carbocycles. The van der Waals surface area contributed by atoms with Crippen LogP contribution in [0.5, 0.6) is 5.75 Å². The monoisotopic (exact) mass is 291 g/mol. The first-order valence-corrected chi connectivity index (χ1v) is 7.65. The number of nitrogens with one attached hydrogen (secondary N) is 1. The van der Waals surface area contributed by atoms with Gasteiger partial charge in [-0.2, -0.15) is 0 Å². The summed E-state index contributed by atoms with van der Waals surface area (Å²) in [7, 11) is 0. The highest BCUT2D eigenvalue weighted by atomic mass is 16.5. The lowest BCUT2D eigenvalue weighted by Crippen LogP contribution is -1.97. The van der Waals surface area contributed by atoms with Gasteiger partial charge in [-0.3, -0.25) is 4.79 Å². The SMILES string of the molecule is N=Cc1ccc(OCCCCCCCCCOC=O)cc1. The lowest BCUT2D eigenvalue weighted by Gasteiger charge is -2.06. The van der Waals surface area contributed by atoms with Gasteiger partial charge >= 0.3 is 0 Å². The molecule has 1 N–H and O–H groups in total. The highest BCUT2D eigenvalue weighted by Gasteiger charge is 1.95. The summed E-state index contributed by atoms with van der Waals surface area (Å²) in [6, 6.07) is 7.58. The van der Waals surface area contributed by atoms with E-state index < -0.39 is 0 Å². The van der Waals surface area contributed by atoms with Crippen molar-refractivity contribution in [3.05, 3.63) is 29.8 Å². The van der Waals surface area contributed by atoms with Gasteiger partial charge in [0.25, 0.3) is 6.47 Å². The van der Waals surface area contributed by atoms with Crippen LogP contribution in [-0.2, 0) is 9.53 Å². The largest absolute Gasteiger partial charge is 0.494 e. The average molecular weight is 291 g/mol. The maximum atomic E-state index is 9.93. The predicted octanol–water partition coefficient (Wildman–Crippen LogP) is 3.97. The topological polar surface area (TPSA) is 59.4 Å². The van der Waals surface area contributed by atoms with Crippen molar-refractivity contribution in [3.8, 4) is 5.75 Å². The normalized spacial score (nSPS) is 10.1.